The smallest absolute Gasteiger partial charge is 0.258 e. The van der Waals surface area contributed by atoms with Crippen LogP contribution in [-0.4, -0.2) is 31.4 Å². The molecule has 5 nitrogen and oxygen atoms in total. The number of rotatable bonds is 9. The number of carbonyl (C=O) groups is 2. The third-order valence-electron chi connectivity index (χ3n) is 4.28. The number of Topliss-reactive ketones (excluding diaryl/α,β-unsaturated/α-hetero) is 1. The first-order valence-corrected chi connectivity index (χ1v) is 9.41. The molecule has 3 rings (SSSR count). The molecule has 0 bridgehead atoms. The van der Waals surface area contributed by atoms with Gasteiger partial charge in [-0.3, -0.25) is 9.59 Å². The summed E-state index contributed by atoms with van der Waals surface area (Å²) >= 11 is 0. The summed E-state index contributed by atoms with van der Waals surface area (Å²) in [5, 5.41) is 2.77. The Morgan fingerprint density at radius 1 is 0.828 bits per heavy atom. The van der Waals surface area contributed by atoms with Crippen LogP contribution < -0.4 is 14.8 Å². The van der Waals surface area contributed by atoms with Gasteiger partial charge < -0.3 is 14.8 Å². The molecule has 0 saturated heterocycles. The number of benzene rings is 3. The Kier molecular flexibility index (Phi) is 7.00. The Morgan fingerprint density at radius 3 is 2.24 bits per heavy atom. The van der Waals surface area contributed by atoms with E-state index in [1.807, 2.05) is 54.6 Å². The molecule has 0 unspecified atom stereocenters. The van der Waals surface area contributed by atoms with Gasteiger partial charge in [0.15, 0.2) is 12.4 Å². The van der Waals surface area contributed by atoms with Gasteiger partial charge in [-0.2, -0.15) is 0 Å². The molecule has 0 aliphatic heterocycles. The molecule has 0 saturated carbocycles. The standard InChI is InChI=1S/C24H23NO4/c1-18(26)19-11-13-21(14-12-19)29-17-24(27)25-15-16-28-23-10-6-5-9-22(23)20-7-3-2-4-8-20/h2-14H,15-17H2,1H3,(H,25,27). The van der Waals surface area contributed by atoms with E-state index in [9.17, 15) is 9.59 Å². The Hall–Kier alpha value is -3.60. The summed E-state index contributed by atoms with van der Waals surface area (Å²) in [4.78, 5) is 23.2. The molecule has 0 radical (unpaired) electrons. The van der Waals surface area contributed by atoms with E-state index in [1.165, 1.54) is 6.92 Å². The highest BCUT2D eigenvalue weighted by Crippen LogP contribution is 2.29. The summed E-state index contributed by atoms with van der Waals surface area (Å²) in [5.41, 5.74) is 2.70. The average molecular weight is 389 g/mol. The van der Waals surface area contributed by atoms with Gasteiger partial charge in [-0.15, -0.1) is 0 Å². The van der Waals surface area contributed by atoms with Crippen LogP contribution in [0.15, 0.2) is 78.9 Å². The summed E-state index contributed by atoms with van der Waals surface area (Å²) in [7, 11) is 0. The van der Waals surface area contributed by atoms with Gasteiger partial charge in [-0.25, -0.2) is 0 Å². The van der Waals surface area contributed by atoms with Crippen LogP contribution in [-0.2, 0) is 4.79 Å². The SMILES string of the molecule is CC(=O)c1ccc(OCC(=O)NCCOc2ccccc2-c2ccccc2)cc1. The fourth-order valence-electron chi connectivity index (χ4n) is 2.79. The van der Waals surface area contributed by atoms with Gasteiger partial charge in [0.1, 0.15) is 18.1 Å². The number of nitrogens with one attached hydrogen (secondary N) is 1. The zero-order chi connectivity index (χ0) is 20.5. The van der Waals surface area contributed by atoms with Crippen LogP contribution in [0.2, 0.25) is 0 Å². The Bertz CT molecular complexity index is 952. The predicted octanol–water partition coefficient (Wildman–Crippen LogP) is 4.13. The third-order valence-corrected chi connectivity index (χ3v) is 4.28. The van der Waals surface area contributed by atoms with E-state index in [-0.39, 0.29) is 18.3 Å². The minimum Gasteiger partial charge on any atom is -0.491 e. The summed E-state index contributed by atoms with van der Waals surface area (Å²) in [6.07, 6.45) is 0. The Morgan fingerprint density at radius 2 is 1.52 bits per heavy atom. The number of amides is 1. The highest BCUT2D eigenvalue weighted by atomic mass is 16.5. The molecule has 0 aromatic heterocycles. The third kappa shape index (κ3) is 5.94. The van der Waals surface area contributed by atoms with Crippen LogP contribution in [0, 0.1) is 0 Å². The van der Waals surface area contributed by atoms with Crippen molar-refractivity contribution in [1.82, 2.24) is 5.32 Å². The minimum absolute atomic E-state index is 0.0110. The van der Waals surface area contributed by atoms with Crippen molar-refractivity contribution in [2.45, 2.75) is 6.92 Å². The molecular weight excluding hydrogens is 366 g/mol. The zero-order valence-corrected chi connectivity index (χ0v) is 16.3. The lowest BCUT2D eigenvalue weighted by molar-refractivity contribution is -0.123. The second kappa shape index (κ2) is 10.1. The number of para-hydroxylation sites is 1. The first-order chi connectivity index (χ1) is 14.1. The molecule has 29 heavy (non-hydrogen) atoms. The second-order valence-electron chi connectivity index (χ2n) is 6.43. The lowest BCUT2D eigenvalue weighted by Crippen LogP contribution is -2.32. The molecule has 148 valence electrons. The maximum absolute atomic E-state index is 11.9. The molecule has 0 atom stereocenters. The lowest BCUT2D eigenvalue weighted by Gasteiger charge is -2.12. The van der Waals surface area contributed by atoms with Gasteiger partial charge in [-0.1, -0.05) is 48.5 Å². The molecule has 3 aromatic rings. The Balaban J connectivity index is 1.43. The highest BCUT2D eigenvalue weighted by molar-refractivity contribution is 5.94. The van der Waals surface area contributed by atoms with Crippen LogP contribution in [0.25, 0.3) is 11.1 Å². The normalized spacial score (nSPS) is 10.2. The van der Waals surface area contributed by atoms with Gasteiger partial charge in [-0.05, 0) is 42.8 Å². The van der Waals surface area contributed by atoms with Crippen LogP contribution in [0.4, 0.5) is 0 Å². The molecular formula is C24H23NO4. The van der Waals surface area contributed by atoms with Crippen LogP contribution in [0.3, 0.4) is 0 Å². The van der Waals surface area contributed by atoms with Gasteiger partial charge in [0.2, 0.25) is 0 Å². The van der Waals surface area contributed by atoms with E-state index < -0.39 is 0 Å². The molecule has 0 heterocycles. The topological polar surface area (TPSA) is 64.6 Å². The zero-order valence-electron chi connectivity index (χ0n) is 16.3. The quantitative estimate of drug-likeness (QED) is 0.441. The fourth-order valence-corrected chi connectivity index (χ4v) is 2.79. The summed E-state index contributed by atoms with van der Waals surface area (Å²) < 4.78 is 11.3. The molecule has 0 spiro atoms. The average Bonchev–Trinajstić information content (AvgIpc) is 2.76. The van der Waals surface area contributed by atoms with Crippen LogP contribution >= 0.6 is 0 Å². The molecule has 1 N–H and O–H groups in total. The van der Waals surface area contributed by atoms with Crippen molar-refractivity contribution in [1.29, 1.82) is 0 Å². The molecule has 0 aliphatic carbocycles. The van der Waals surface area contributed by atoms with E-state index in [0.717, 1.165) is 16.9 Å². The van der Waals surface area contributed by atoms with E-state index in [4.69, 9.17) is 9.47 Å². The van der Waals surface area contributed by atoms with E-state index in [1.54, 1.807) is 24.3 Å². The fraction of sp³-hybridized carbons (Fsp3) is 0.167. The van der Waals surface area contributed by atoms with Gasteiger partial charge >= 0.3 is 0 Å². The lowest BCUT2D eigenvalue weighted by atomic mass is 10.1. The van der Waals surface area contributed by atoms with Gasteiger partial charge in [0.25, 0.3) is 5.91 Å². The van der Waals surface area contributed by atoms with Gasteiger partial charge in [0, 0.05) is 11.1 Å². The number of hydrogen-bond acceptors (Lipinski definition) is 4. The van der Waals surface area contributed by atoms with Crippen molar-refractivity contribution in [3.05, 3.63) is 84.4 Å². The number of hydrogen-bond donors (Lipinski definition) is 1. The second-order valence-corrected chi connectivity index (χ2v) is 6.43. The van der Waals surface area contributed by atoms with E-state index in [2.05, 4.69) is 5.32 Å². The van der Waals surface area contributed by atoms with Crippen molar-refractivity contribution in [3.8, 4) is 22.6 Å². The summed E-state index contributed by atoms with van der Waals surface area (Å²) in [6, 6.07) is 24.5. The van der Waals surface area contributed by atoms with E-state index in [0.29, 0.717) is 24.5 Å². The molecule has 5 heteroatoms. The predicted molar refractivity (Wildman–Crippen MR) is 112 cm³/mol. The van der Waals surface area contributed by atoms with Crippen molar-refractivity contribution in [2.24, 2.45) is 0 Å². The minimum atomic E-state index is -0.236. The molecule has 0 fully saturated rings. The molecule has 1 amide bonds. The van der Waals surface area contributed by atoms with E-state index >= 15 is 0 Å². The summed E-state index contributed by atoms with van der Waals surface area (Å²) in [6.45, 7) is 2.13. The van der Waals surface area contributed by atoms with Crippen LogP contribution in [0.5, 0.6) is 11.5 Å². The maximum atomic E-state index is 11.9. The van der Waals surface area contributed by atoms with Gasteiger partial charge in [0.05, 0.1) is 6.54 Å². The number of ketones is 1. The number of carbonyl (C=O) groups excluding carboxylic acids is 2. The first kappa shape index (κ1) is 20.1. The number of ether oxygens (including phenoxy) is 2. The van der Waals surface area contributed by atoms with Crippen molar-refractivity contribution in [2.75, 3.05) is 19.8 Å². The maximum Gasteiger partial charge on any atom is 0.258 e. The highest BCUT2D eigenvalue weighted by Gasteiger charge is 2.07. The monoisotopic (exact) mass is 389 g/mol. The largest absolute Gasteiger partial charge is 0.491 e. The summed E-state index contributed by atoms with van der Waals surface area (Å²) in [5.74, 6) is 1.07. The van der Waals surface area contributed by atoms with Crippen molar-refractivity contribution < 1.29 is 19.1 Å². The first-order valence-electron chi connectivity index (χ1n) is 9.41. The van der Waals surface area contributed by atoms with Crippen molar-refractivity contribution >= 4 is 11.7 Å². The molecule has 0 aliphatic rings. The molecule has 3 aromatic carbocycles. The van der Waals surface area contributed by atoms with Crippen LogP contribution in [0.1, 0.15) is 17.3 Å². The Labute approximate surface area is 170 Å². The van der Waals surface area contributed by atoms with Crippen molar-refractivity contribution in [3.63, 3.8) is 0 Å².